The summed E-state index contributed by atoms with van der Waals surface area (Å²) in [5.41, 5.74) is 0.815. The second-order valence-corrected chi connectivity index (χ2v) is 8.29. The lowest BCUT2D eigenvalue weighted by molar-refractivity contribution is 0.0696. The lowest BCUT2D eigenvalue weighted by Gasteiger charge is -2.19. The Kier molecular flexibility index (Phi) is 4.68. The summed E-state index contributed by atoms with van der Waals surface area (Å²) < 4.78 is 1.07. The second-order valence-electron chi connectivity index (χ2n) is 5.74. The van der Waals surface area contributed by atoms with E-state index in [0.717, 1.165) is 14.4 Å². The van der Waals surface area contributed by atoms with E-state index >= 15 is 0 Å². The third-order valence-corrected chi connectivity index (χ3v) is 4.54. The van der Waals surface area contributed by atoms with Crippen molar-refractivity contribution in [2.45, 2.75) is 32.7 Å². The molecule has 2 heterocycles. The number of carboxylic acids is 1. The van der Waals surface area contributed by atoms with Crippen molar-refractivity contribution in [2.75, 3.05) is 5.32 Å². The molecule has 0 aliphatic carbocycles. The van der Waals surface area contributed by atoms with Gasteiger partial charge < -0.3 is 10.4 Å². The Morgan fingerprint density at radius 2 is 2.10 bits per heavy atom. The van der Waals surface area contributed by atoms with Gasteiger partial charge in [-0.15, -0.1) is 11.3 Å². The van der Waals surface area contributed by atoms with Gasteiger partial charge in [-0.2, -0.15) is 0 Å². The van der Waals surface area contributed by atoms with E-state index in [0.29, 0.717) is 12.4 Å². The molecule has 112 valence electrons. The molecule has 0 aromatic carbocycles. The molecule has 0 radical (unpaired) electrons. The number of hydrogen-bond acceptors (Lipinski definition) is 4. The fourth-order valence-electron chi connectivity index (χ4n) is 1.75. The summed E-state index contributed by atoms with van der Waals surface area (Å²) >= 11 is 5.06. The molecule has 4 nitrogen and oxygen atoms in total. The summed E-state index contributed by atoms with van der Waals surface area (Å²) in [6.07, 6.45) is 0. The third kappa shape index (κ3) is 4.28. The molecule has 2 aromatic rings. The molecule has 0 aliphatic rings. The van der Waals surface area contributed by atoms with E-state index in [4.69, 9.17) is 0 Å². The predicted molar refractivity (Wildman–Crippen MR) is 89.2 cm³/mol. The normalized spacial score (nSPS) is 11.4. The van der Waals surface area contributed by atoms with Crippen molar-refractivity contribution < 1.29 is 9.90 Å². The molecular weight excluding hydrogens is 352 g/mol. The van der Waals surface area contributed by atoms with Gasteiger partial charge >= 0.3 is 5.97 Å². The lowest BCUT2D eigenvalue weighted by Crippen LogP contribution is -2.16. The van der Waals surface area contributed by atoms with E-state index in [1.807, 2.05) is 32.9 Å². The standard InChI is InChI=1S/C15H17BrN2O2S/c1-15(2,3)11-6-9(14(19)20)7-13(18-11)17-8-10-4-5-12(16)21-10/h4-7H,8H2,1-3H3,(H,17,18)(H,19,20). The van der Waals surface area contributed by atoms with Crippen molar-refractivity contribution in [3.05, 3.63) is 44.2 Å². The highest BCUT2D eigenvalue weighted by Crippen LogP contribution is 2.25. The molecule has 0 fully saturated rings. The van der Waals surface area contributed by atoms with Gasteiger partial charge in [-0.25, -0.2) is 9.78 Å². The van der Waals surface area contributed by atoms with Crippen molar-refractivity contribution >= 4 is 39.1 Å². The van der Waals surface area contributed by atoms with Crippen LogP contribution in [0, 0.1) is 0 Å². The first-order valence-electron chi connectivity index (χ1n) is 6.49. The molecule has 0 unspecified atom stereocenters. The zero-order chi connectivity index (χ0) is 15.6. The Morgan fingerprint density at radius 3 is 2.62 bits per heavy atom. The third-order valence-electron chi connectivity index (χ3n) is 2.91. The fraction of sp³-hybridized carbons (Fsp3) is 0.333. The van der Waals surface area contributed by atoms with Gasteiger partial charge in [0.15, 0.2) is 0 Å². The highest BCUT2D eigenvalue weighted by molar-refractivity contribution is 9.11. The topological polar surface area (TPSA) is 62.2 Å². The molecule has 0 aliphatic heterocycles. The molecule has 2 aromatic heterocycles. The first-order valence-corrected chi connectivity index (χ1v) is 8.10. The van der Waals surface area contributed by atoms with Crippen LogP contribution in [0.25, 0.3) is 0 Å². The van der Waals surface area contributed by atoms with Gasteiger partial charge in [0.1, 0.15) is 5.82 Å². The molecular formula is C15H17BrN2O2S. The number of halogens is 1. The number of carboxylic acid groups (broad SMARTS) is 1. The van der Waals surface area contributed by atoms with Crippen LogP contribution < -0.4 is 5.32 Å². The predicted octanol–water partition coefficient (Wildman–Crippen LogP) is 4.51. The summed E-state index contributed by atoms with van der Waals surface area (Å²) in [5.74, 6) is -0.353. The molecule has 0 bridgehead atoms. The van der Waals surface area contributed by atoms with Crippen molar-refractivity contribution in [2.24, 2.45) is 0 Å². The average Bonchev–Trinajstić information content (AvgIpc) is 2.81. The molecule has 6 heteroatoms. The number of aromatic carboxylic acids is 1. The van der Waals surface area contributed by atoms with Crippen LogP contribution in [-0.2, 0) is 12.0 Å². The molecule has 0 amide bonds. The lowest BCUT2D eigenvalue weighted by atomic mass is 9.91. The summed E-state index contributed by atoms with van der Waals surface area (Å²) in [7, 11) is 0. The number of hydrogen-bond donors (Lipinski definition) is 2. The highest BCUT2D eigenvalue weighted by atomic mass is 79.9. The molecule has 21 heavy (non-hydrogen) atoms. The second kappa shape index (κ2) is 6.15. The van der Waals surface area contributed by atoms with Gasteiger partial charge in [0.2, 0.25) is 0 Å². The van der Waals surface area contributed by atoms with Gasteiger partial charge in [-0.3, -0.25) is 0 Å². The molecule has 2 rings (SSSR count). The van der Waals surface area contributed by atoms with E-state index in [1.165, 1.54) is 0 Å². The van der Waals surface area contributed by atoms with E-state index in [1.54, 1.807) is 23.5 Å². The summed E-state index contributed by atoms with van der Waals surface area (Å²) in [6, 6.07) is 7.21. The van der Waals surface area contributed by atoms with Gasteiger partial charge in [0.25, 0.3) is 0 Å². The Bertz CT molecular complexity index is 662. The van der Waals surface area contributed by atoms with Crippen LogP contribution in [0.15, 0.2) is 28.1 Å². The monoisotopic (exact) mass is 368 g/mol. The quantitative estimate of drug-likeness (QED) is 0.832. The number of nitrogens with zero attached hydrogens (tertiary/aromatic N) is 1. The number of nitrogens with one attached hydrogen (secondary N) is 1. The first-order chi connectivity index (χ1) is 9.75. The minimum atomic E-state index is -0.940. The Hall–Kier alpha value is -1.40. The largest absolute Gasteiger partial charge is 0.478 e. The Labute approximate surface area is 136 Å². The van der Waals surface area contributed by atoms with E-state index in [2.05, 4.69) is 26.2 Å². The van der Waals surface area contributed by atoms with Crippen LogP contribution in [0.1, 0.15) is 41.7 Å². The van der Waals surface area contributed by atoms with E-state index in [9.17, 15) is 9.90 Å². The average molecular weight is 369 g/mol. The number of rotatable bonds is 4. The van der Waals surface area contributed by atoms with Crippen molar-refractivity contribution in [3.63, 3.8) is 0 Å². The summed E-state index contributed by atoms with van der Waals surface area (Å²) in [4.78, 5) is 16.9. The summed E-state index contributed by atoms with van der Waals surface area (Å²) in [5, 5.41) is 12.4. The molecule has 0 atom stereocenters. The SMILES string of the molecule is CC(C)(C)c1cc(C(=O)O)cc(NCc2ccc(Br)s2)n1. The smallest absolute Gasteiger partial charge is 0.335 e. The maximum Gasteiger partial charge on any atom is 0.335 e. The number of carbonyl (C=O) groups is 1. The maximum absolute atomic E-state index is 11.3. The zero-order valence-corrected chi connectivity index (χ0v) is 14.5. The van der Waals surface area contributed by atoms with Crippen LogP contribution >= 0.6 is 27.3 Å². The number of pyridine rings is 1. The van der Waals surface area contributed by atoms with Gasteiger partial charge in [-0.1, -0.05) is 20.8 Å². The van der Waals surface area contributed by atoms with E-state index in [-0.39, 0.29) is 11.0 Å². The van der Waals surface area contributed by atoms with Crippen molar-refractivity contribution in [1.29, 1.82) is 0 Å². The van der Waals surface area contributed by atoms with E-state index < -0.39 is 5.97 Å². The fourth-order valence-corrected chi connectivity index (χ4v) is 3.18. The van der Waals surface area contributed by atoms with Gasteiger partial charge in [0, 0.05) is 16.0 Å². The van der Waals surface area contributed by atoms with Crippen LogP contribution in [0.2, 0.25) is 0 Å². The van der Waals surface area contributed by atoms with Gasteiger partial charge in [0.05, 0.1) is 15.9 Å². The Morgan fingerprint density at radius 1 is 1.38 bits per heavy atom. The van der Waals surface area contributed by atoms with Crippen LogP contribution in [0.3, 0.4) is 0 Å². The summed E-state index contributed by atoms with van der Waals surface area (Å²) in [6.45, 7) is 6.67. The molecule has 0 spiro atoms. The van der Waals surface area contributed by atoms with Crippen molar-refractivity contribution in [3.8, 4) is 0 Å². The maximum atomic E-state index is 11.3. The number of aromatic nitrogens is 1. The zero-order valence-electron chi connectivity index (χ0n) is 12.1. The first kappa shape index (κ1) is 16.0. The van der Waals surface area contributed by atoms with Gasteiger partial charge in [-0.05, 0) is 40.2 Å². The van der Waals surface area contributed by atoms with Crippen LogP contribution in [-0.4, -0.2) is 16.1 Å². The number of thiophene rings is 1. The van der Waals surface area contributed by atoms with Crippen LogP contribution in [0.4, 0.5) is 5.82 Å². The minimum absolute atomic E-state index is 0.201. The van der Waals surface area contributed by atoms with Crippen LogP contribution in [0.5, 0.6) is 0 Å². The highest BCUT2D eigenvalue weighted by Gasteiger charge is 2.19. The minimum Gasteiger partial charge on any atom is -0.478 e. The molecule has 0 saturated heterocycles. The Balaban J connectivity index is 2.25. The molecule has 2 N–H and O–H groups in total. The van der Waals surface area contributed by atoms with Crippen molar-refractivity contribution in [1.82, 2.24) is 4.98 Å². The molecule has 0 saturated carbocycles. The number of anilines is 1.